The number of piperazine rings is 1. The quantitative estimate of drug-likeness (QED) is 0.577. The van der Waals surface area contributed by atoms with E-state index in [4.69, 9.17) is 0 Å². The monoisotopic (exact) mass is 448 g/mol. The van der Waals surface area contributed by atoms with Crippen LogP contribution in [-0.4, -0.2) is 55.1 Å². The molecule has 4 rings (SSSR count). The molecule has 0 bridgehead atoms. The van der Waals surface area contributed by atoms with E-state index < -0.39 is 11.7 Å². The normalized spacial score (nSPS) is 15.4. The second-order valence-electron chi connectivity index (χ2n) is 7.41. The van der Waals surface area contributed by atoms with Crippen LogP contribution in [0.2, 0.25) is 0 Å². The number of nitrogens with zero attached hydrogens (tertiary/aromatic N) is 4. The Labute approximate surface area is 182 Å². The lowest BCUT2D eigenvalue weighted by atomic mass is 10.1. The number of aromatic nitrogens is 1. The lowest BCUT2D eigenvalue weighted by molar-refractivity contribution is -0.137. The maximum absolute atomic E-state index is 13.0. The van der Waals surface area contributed by atoms with Crippen LogP contribution in [0.25, 0.3) is 10.2 Å². The summed E-state index contributed by atoms with van der Waals surface area (Å²) in [4.78, 5) is 23.2. The summed E-state index contributed by atoms with van der Waals surface area (Å²) in [5, 5.41) is 0.691. The van der Waals surface area contributed by atoms with Crippen molar-refractivity contribution < 1.29 is 18.0 Å². The van der Waals surface area contributed by atoms with Crippen LogP contribution in [0.15, 0.2) is 48.5 Å². The Kier molecular flexibility index (Phi) is 6.15. The first-order valence-corrected chi connectivity index (χ1v) is 11.0. The minimum atomic E-state index is -4.35. The standard InChI is InChI=1S/C22H23F3N4OS/c1-2-29(21-26-18-8-3-4-9-19(18)31-21)20(30)15-27-10-12-28(13-11-27)17-7-5-6-16(14-17)22(23,24)25/h3-9,14H,2,10-13,15H2,1H3. The zero-order chi connectivity index (χ0) is 22.0. The number of para-hydroxylation sites is 1. The molecule has 164 valence electrons. The lowest BCUT2D eigenvalue weighted by Crippen LogP contribution is -2.50. The highest BCUT2D eigenvalue weighted by molar-refractivity contribution is 7.22. The van der Waals surface area contributed by atoms with Gasteiger partial charge >= 0.3 is 6.18 Å². The molecular weight excluding hydrogens is 425 g/mol. The second-order valence-corrected chi connectivity index (χ2v) is 8.42. The number of fused-ring (bicyclic) bond motifs is 1. The topological polar surface area (TPSA) is 39.7 Å². The molecule has 0 N–H and O–H groups in total. The van der Waals surface area contributed by atoms with Gasteiger partial charge in [0.2, 0.25) is 5.91 Å². The van der Waals surface area contributed by atoms with Crippen molar-refractivity contribution in [3.05, 3.63) is 54.1 Å². The van der Waals surface area contributed by atoms with Gasteiger partial charge in [0.1, 0.15) is 0 Å². The fourth-order valence-electron chi connectivity index (χ4n) is 3.71. The Morgan fingerprint density at radius 1 is 1.10 bits per heavy atom. The number of rotatable bonds is 5. The van der Waals surface area contributed by atoms with E-state index >= 15 is 0 Å². The number of hydrogen-bond donors (Lipinski definition) is 0. The van der Waals surface area contributed by atoms with Crippen molar-refractivity contribution in [2.45, 2.75) is 13.1 Å². The number of alkyl halides is 3. The third kappa shape index (κ3) is 4.83. The Bertz CT molecular complexity index is 1030. The number of anilines is 2. The maximum Gasteiger partial charge on any atom is 0.416 e. The van der Waals surface area contributed by atoms with Gasteiger partial charge in [-0.15, -0.1) is 0 Å². The molecule has 31 heavy (non-hydrogen) atoms. The van der Waals surface area contributed by atoms with E-state index in [0.29, 0.717) is 43.5 Å². The molecular formula is C22H23F3N4OS. The molecule has 2 heterocycles. The fourth-order valence-corrected chi connectivity index (χ4v) is 4.76. The molecule has 1 saturated heterocycles. The zero-order valence-electron chi connectivity index (χ0n) is 17.1. The average Bonchev–Trinajstić information content (AvgIpc) is 3.18. The van der Waals surface area contributed by atoms with Crippen molar-refractivity contribution in [2.24, 2.45) is 0 Å². The summed E-state index contributed by atoms with van der Waals surface area (Å²) in [6.07, 6.45) is -4.35. The van der Waals surface area contributed by atoms with Gasteiger partial charge in [-0.1, -0.05) is 29.5 Å². The first-order chi connectivity index (χ1) is 14.8. The Balaban J connectivity index is 1.37. The Hall–Kier alpha value is -2.65. The van der Waals surface area contributed by atoms with Crippen molar-refractivity contribution in [2.75, 3.05) is 49.1 Å². The first-order valence-electron chi connectivity index (χ1n) is 10.2. The van der Waals surface area contributed by atoms with Gasteiger partial charge in [0, 0.05) is 38.4 Å². The van der Waals surface area contributed by atoms with Crippen LogP contribution in [0.4, 0.5) is 24.0 Å². The van der Waals surface area contributed by atoms with Crippen LogP contribution < -0.4 is 9.80 Å². The van der Waals surface area contributed by atoms with E-state index in [2.05, 4.69) is 4.98 Å². The number of thiazole rings is 1. The molecule has 1 amide bonds. The number of likely N-dealkylation sites (N-methyl/N-ethyl adjacent to an activating group) is 1. The summed E-state index contributed by atoms with van der Waals surface area (Å²) in [7, 11) is 0. The summed E-state index contributed by atoms with van der Waals surface area (Å²) in [6, 6.07) is 13.2. The molecule has 1 aliphatic rings. The third-order valence-corrected chi connectivity index (χ3v) is 6.46. The molecule has 0 aliphatic carbocycles. The molecule has 1 aliphatic heterocycles. The molecule has 0 atom stereocenters. The van der Waals surface area contributed by atoms with Crippen LogP contribution in [0.1, 0.15) is 12.5 Å². The summed E-state index contributed by atoms with van der Waals surface area (Å²) < 4.78 is 40.0. The summed E-state index contributed by atoms with van der Waals surface area (Å²) in [5.41, 5.74) is 0.797. The van der Waals surface area contributed by atoms with Crippen molar-refractivity contribution in [1.29, 1.82) is 0 Å². The molecule has 0 saturated carbocycles. The van der Waals surface area contributed by atoms with Gasteiger partial charge in [-0.25, -0.2) is 4.98 Å². The lowest BCUT2D eigenvalue weighted by Gasteiger charge is -2.36. The van der Waals surface area contributed by atoms with Crippen molar-refractivity contribution in [3.63, 3.8) is 0 Å². The highest BCUT2D eigenvalue weighted by Gasteiger charge is 2.31. The summed E-state index contributed by atoms with van der Waals surface area (Å²) in [6.45, 7) is 5.08. The van der Waals surface area contributed by atoms with E-state index in [1.165, 1.54) is 23.5 Å². The highest BCUT2D eigenvalue weighted by atomic mass is 32.1. The minimum Gasteiger partial charge on any atom is -0.369 e. The highest BCUT2D eigenvalue weighted by Crippen LogP contribution is 2.32. The molecule has 0 spiro atoms. The van der Waals surface area contributed by atoms with Gasteiger partial charge in [0.15, 0.2) is 5.13 Å². The predicted molar refractivity (Wildman–Crippen MR) is 118 cm³/mol. The smallest absolute Gasteiger partial charge is 0.369 e. The summed E-state index contributed by atoms with van der Waals surface area (Å²) in [5.74, 6) is -0.0194. The van der Waals surface area contributed by atoms with Gasteiger partial charge in [-0.05, 0) is 37.3 Å². The molecule has 0 radical (unpaired) electrons. The van der Waals surface area contributed by atoms with E-state index in [-0.39, 0.29) is 12.5 Å². The number of benzene rings is 2. The minimum absolute atomic E-state index is 0.0194. The molecule has 5 nitrogen and oxygen atoms in total. The number of hydrogen-bond acceptors (Lipinski definition) is 5. The second kappa shape index (κ2) is 8.84. The van der Waals surface area contributed by atoms with Crippen molar-refractivity contribution >= 4 is 38.3 Å². The van der Waals surface area contributed by atoms with Crippen LogP contribution in [0.5, 0.6) is 0 Å². The number of halogens is 3. The molecule has 3 aromatic rings. The molecule has 2 aromatic carbocycles. The van der Waals surface area contributed by atoms with E-state index in [0.717, 1.165) is 16.3 Å². The van der Waals surface area contributed by atoms with Crippen LogP contribution in [-0.2, 0) is 11.0 Å². The Morgan fingerprint density at radius 3 is 2.52 bits per heavy atom. The third-order valence-electron chi connectivity index (χ3n) is 5.40. The van der Waals surface area contributed by atoms with Crippen LogP contribution >= 0.6 is 11.3 Å². The average molecular weight is 449 g/mol. The zero-order valence-corrected chi connectivity index (χ0v) is 17.9. The van der Waals surface area contributed by atoms with Crippen molar-refractivity contribution in [1.82, 2.24) is 9.88 Å². The first kappa shape index (κ1) is 21.6. The molecule has 9 heteroatoms. The van der Waals surface area contributed by atoms with Gasteiger partial charge < -0.3 is 4.90 Å². The molecule has 1 aromatic heterocycles. The van der Waals surface area contributed by atoms with Crippen molar-refractivity contribution in [3.8, 4) is 0 Å². The van der Waals surface area contributed by atoms with Gasteiger partial charge in [-0.2, -0.15) is 13.2 Å². The van der Waals surface area contributed by atoms with Crippen LogP contribution in [0.3, 0.4) is 0 Å². The van der Waals surface area contributed by atoms with Gasteiger partial charge in [-0.3, -0.25) is 14.6 Å². The van der Waals surface area contributed by atoms with E-state index in [1.54, 1.807) is 11.0 Å². The fraction of sp³-hybridized carbons (Fsp3) is 0.364. The molecule has 0 unspecified atom stereocenters. The molecule has 1 fully saturated rings. The largest absolute Gasteiger partial charge is 0.416 e. The Morgan fingerprint density at radius 2 is 1.84 bits per heavy atom. The van der Waals surface area contributed by atoms with Crippen LogP contribution in [0, 0.1) is 0 Å². The number of amides is 1. The summed E-state index contributed by atoms with van der Waals surface area (Å²) >= 11 is 1.50. The van der Waals surface area contributed by atoms with Gasteiger partial charge in [0.25, 0.3) is 0 Å². The van der Waals surface area contributed by atoms with E-state index in [1.807, 2.05) is 41.0 Å². The number of carbonyl (C=O) groups excluding carboxylic acids is 1. The van der Waals surface area contributed by atoms with Gasteiger partial charge in [0.05, 0.1) is 22.3 Å². The predicted octanol–water partition coefficient (Wildman–Crippen LogP) is 4.49. The SMILES string of the molecule is CCN(C(=O)CN1CCN(c2cccc(C(F)(F)F)c2)CC1)c1nc2ccccc2s1. The maximum atomic E-state index is 13.0. The number of carbonyl (C=O) groups is 1. The van der Waals surface area contributed by atoms with E-state index in [9.17, 15) is 18.0 Å².